The highest BCUT2D eigenvalue weighted by Gasteiger charge is 2.35. The van der Waals surface area contributed by atoms with E-state index in [1.165, 1.54) is 5.56 Å². The molecule has 1 aromatic heterocycles. The van der Waals surface area contributed by atoms with Crippen molar-refractivity contribution in [2.75, 3.05) is 51.5 Å². The Bertz CT molecular complexity index is 2750. The minimum Gasteiger partial charge on any atom is -0.508 e. The molecule has 0 unspecified atom stereocenters. The molecule has 1 saturated heterocycles. The number of hydrogen-bond acceptors (Lipinski definition) is 8. The summed E-state index contributed by atoms with van der Waals surface area (Å²) >= 11 is 0. The quantitative estimate of drug-likeness (QED) is 0.154. The molecule has 11 nitrogen and oxygen atoms in total. The second kappa shape index (κ2) is 17.3. The summed E-state index contributed by atoms with van der Waals surface area (Å²) < 4.78 is 19.9. The van der Waals surface area contributed by atoms with Crippen molar-refractivity contribution in [1.82, 2.24) is 19.3 Å². The number of amides is 2. The number of piperazine rings is 1. The second-order valence-corrected chi connectivity index (χ2v) is 15.9. The van der Waals surface area contributed by atoms with Crippen LogP contribution in [0.4, 0.5) is 11.4 Å². The van der Waals surface area contributed by atoms with E-state index in [1.54, 1.807) is 35.2 Å². The van der Waals surface area contributed by atoms with Crippen LogP contribution < -0.4 is 19.1 Å². The monoisotopic (exact) mass is 847 g/mol. The number of carbonyl (C=O) groups excluding carboxylic acids is 2. The molecule has 12 heteroatoms. The van der Waals surface area contributed by atoms with Gasteiger partial charge in [0.05, 0.1) is 28.0 Å². The summed E-state index contributed by atoms with van der Waals surface area (Å²) in [6.07, 6.45) is 2.57. The Hall–Kier alpha value is -6.79. The molecule has 0 radical (unpaired) electrons. The highest BCUT2D eigenvalue weighted by molar-refractivity contribution is 6.18. The van der Waals surface area contributed by atoms with E-state index >= 15 is 9.59 Å². The maximum Gasteiger partial charge on any atom is 0.265 e. The highest BCUT2D eigenvalue weighted by Crippen LogP contribution is 2.41. The number of fused-ring (bicyclic) bond motifs is 3. The first-order valence-electron chi connectivity index (χ1n) is 20.7. The topological polar surface area (TPSA) is 100.0 Å². The maximum atomic E-state index is 15.3. The molecule has 7 aromatic rings. The average Bonchev–Trinajstić information content (AvgIpc) is 3.92. The molecule has 3 aliphatic heterocycles. The number of aromatic nitrogens is 1. The van der Waals surface area contributed by atoms with Crippen molar-refractivity contribution in [2.24, 2.45) is 0 Å². The lowest BCUT2D eigenvalue weighted by atomic mass is 9.92. The number of rotatable bonds is 9. The molecule has 0 saturated carbocycles. The van der Waals surface area contributed by atoms with E-state index in [4.69, 9.17) is 14.2 Å². The molecular formula is C50H46ClN5O6. The van der Waals surface area contributed by atoms with E-state index in [9.17, 15) is 5.11 Å². The van der Waals surface area contributed by atoms with Crippen molar-refractivity contribution in [2.45, 2.75) is 19.0 Å². The van der Waals surface area contributed by atoms with Gasteiger partial charge in [-0.2, -0.15) is 0 Å². The number of ether oxygens (including phenoxy) is 3. The van der Waals surface area contributed by atoms with Crippen LogP contribution in [0.25, 0.3) is 16.6 Å². The van der Waals surface area contributed by atoms with Crippen LogP contribution in [0.1, 0.15) is 31.8 Å². The molecule has 4 heterocycles. The molecule has 62 heavy (non-hydrogen) atoms. The van der Waals surface area contributed by atoms with Crippen molar-refractivity contribution < 1.29 is 28.9 Å². The zero-order valence-corrected chi connectivity index (χ0v) is 35.0. The standard InChI is InChI=1S/C50H45N5O6.ClH/c1-51-22-24-52(25-23-51)31-38-26-34-10-5-6-11-35(34)30-53(38)49(57)43-28-47-48(60-33-59-47)29-46(43)54-32-44(42-16-7-8-17-45(42)54)50(58)55(36-18-20-39(56)21-19-36)37-12-9-15-41(27-37)61-40-13-3-2-4-14-40;/h2-21,27-29,32,38,56H,22-26,30-31,33H2,1H3;1H/t38-;/m0./s1. The SMILES string of the molecule is CN1CCN(C[C@@H]2Cc3ccccc3CN2C(=O)c2cc3c(cc2-n2cc(C(=O)N(c4ccc(O)cc4)c4cccc(Oc5ccccc5)c4)c4ccccc42)OCO3)CC1.Cl. The first-order valence-corrected chi connectivity index (χ1v) is 20.7. The average molecular weight is 848 g/mol. The van der Waals surface area contributed by atoms with Crippen molar-refractivity contribution >= 4 is 46.5 Å². The zero-order valence-electron chi connectivity index (χ0n) is 34.2. The lowest BCUT2D eigenvalue weighted by Gasteiger charge is -2.41. The zero-order chi connectivity index (χ0) is 41.5. The molecule has 6 aromatic carbocycles. The minimum absolute atomic E-state index is 0. The Balaban J connectivity index is 0.00000490. The third-order valence-corrected chi connectivity index (χ3v) is 12.0. The van der Waals surface area contributed by atoms with Gasteiger partial charge in [0.25, 0.3) is 11.8 Å². The first-order chi connectivity index (χ1) is 29.9. The molecule has 0 bridgehead atoms. The fourth-order valence-electron chi connectivity index (χ4n) is 8.74. The second-order valence-electron chi connectivity index (χ2n) is 15.9. The van der Waals surface area contributed by atoms with Crippen molar-refractivity contribution in [3.8, 4) is 34.4 Å². The van der Waals surface area contributed by atoms with E-state index < -0.39 is 0 Å². The van der Waals surface area contributed by atoms with Crippen LogP contribution in [-0.4, -0.2) is 88.8 Å². The molecule has 1 fully saturated rings. The third kappa shape index (κ3) is 7.93. The Kier molecular flexibility index (Phi) is 11.3. The molecule has 1 N–H and O–H groups in total. The van der Waals surface area contributed by atoms with Gasteiger partial charge in [0.2, 0.25) is 6.79 Å². The van der Waals surface area contributed by atoms with Gasteiger partial charge < -0.3 is 33.7 Å². The molecule has 10 rings (SSSR count). The van der Waals surface area contributed by atoms with Gasteiger partial charge in [0.1, 0.15) is 17.2 Å². The molecular weight excluding hydrogens is 802 g/mol. The normalized spacial score (nSPS) is 16.1. The predicted octanol–water partition coefficient (Wildman–Crippen LogP) is 9.07. The first kappa shape index (κ1) is 40.6. The van der Waals surface area contributed by atoms with Crippen LogP contribution >= 0.6 is 12.4 Å². The summed E-state index contributed by atoms with van der Waals surface area (Å²) in [5.74, 6) is 1.90. The van der Waals surface area contributed by atoms with Gasteiger partial charge in [-0.05, 0) is 85.3 Å². The summed E-state index contributed by atoms with van der Waals surface area (Å²) in [4.78, 5) is 39.1. The van der Waals surface area contributed by atoms with Crippen LogP contribution in [-0.2, 0) is 13.0 Å². The van der Waals surface area contributed by atoms with Gasteiger partial charge in [0.15, 0.2) is 11.5 Å². The number of hydrogen-bond donors (Lipinski definition) is 1. The lowest BCUT2D eigenvalue weighted by molar-refractivity contribution is 0.0535. The van der Waals surface area contributed by atoms with Gasteiger partial charge in [-0.1, -0.05) is 66.7 Å². The van der Waals surface area contributed by atoms with Gasteiger partial charge in [0, 0.05) is 74.7 Å². The van der Waals surface area contributed by atoms with E-state index in [2.05, 4.69) is 35.0 Å². The lowest BCUT2D eigenvalue weighted by Crippen LogP contribution is -2.53. The number of phenolic OH excluding ortho intramolecular Hbond substituents is 1. The molecule has 2 amide bonds. The van der Waals surface area contributed by atoms with Crippen LogP contribution in [0, 0.1) is 0 Å². The van der Waals surface area contributed by atoms with Crippen molar-refractivity contribution in [3.05, 3.63) is 168 Å². The highest BCUT2D eigenvalue weighted by atomic mass is 35.5. The summed E-state index contributed by atoms with van der Waals surface area (Å²) in [6.45, 7) is 5.16. The van der Waals surface area contributed by atoms with Crippen LogP contribution in [0.15, 0.2) is 146 Å². The third-order valence-electron chi connectivity index (χ3n) is 12.0. The number of benzene rings is 6. The Morgan fingerprint density at radius 2 is 1.42 bits per heavy atom. The van der Waals surface area contributed by atoms with Gasteiger partial charge in [-0.25, -0.2) is 0 Å². The number of anilines is 2. The number of halogens is 1. The molecule has 0 aliphatic carbocycles. The number of nitrogens with zero attached hydrogens (tertiary/aromatic N) is 5. The smallest absolute Gasteiger partial charge is 0.265 e. The van der Waals surface area contributed by atoms with Gasteiger partial charge in [-0.15, -0.1) is 12.4 Å². The number of carbonyl (C=O) groups is 2. The van der Waals surface area contributed by atoms with Gasteiger partial charge >= 0.3 is 0 Å². The van der Waals surface area contributed by atoms with E-state index in [0.29, 0.717) is 63.1 Å². The van der Waals surface area contributed by atoms with E-state index in [1.807, 2.05) is 107 Å². The Morgan fingerprint density at radius 1 is 0.726 bits per heavy atom. The minimum atomic E-state index is -0.314. The van der Waals surface area contributed by atoms with E-state index in [-0.39, 0.29) is 42.8 Å². The summed E-state index contributed by atoms with van der Waals surface area (Å²) in [5, 5.41) is 10.9. The summed E-state index contributed by atoms with van der Waals surface area (Å²) in [5.41, 5.74) is 5.71. The van der Waals surface area contributed by atoms with E-state index in [0.717, 1.165) is 50.2 Å². The molecule has 0 spiro atoms. The van der Waals surface area contributed by atoms with Crippen molar-refractivity contribution in [1.29, 1.82) is 0 Å². The largest absolute Gasteiger partial charge is 0.508 e. The Morgan fingerprint density at radius 3 is 2.21 bits per heavy atom. The number of likely N-dealkylation sites (N-methyl/N-ethyl adjacent to an activating group) is 1. The number of phenols is 1. The van der Waals surface area contributed by atoms with Crippen LogP contribution in [0.3, 0.4) is 0 Å². The number of aromatic hydroxyl groups is 1. The molecule has 1 atom stereocenters. The summed E-state index contributed by atoms with van der Waals surface area (Å²) in [7, 11) is 2.15. The van der Waals surface area contributed by atoms with Crippen LogP contribution in [0.2, 0.25) is 0 Å². The summed E-state index contributed by atoms with van der Waals surface area (Å²) in [6, 6.07) is 43.1. The fraction of sp³-hybridized carbons (Fsp3) is 0.200. The molecule has 3 aliphatic rings. The van der Waals surface area contributed by atoms with Crippen molar-refractivity contribution in [3.63, 3.8) is 0 Å². The Labute approximate surface area is 366 Å². The fourth-order valence-corrected chi connectivity index (χ4v) is 8.74. The maximum absolute atomic E-state index is 15.3. The number of para-hydroxylation sites is 2. The van der Waals surface area contributed by atoms with Gasteiger partial charge in [-0.3, -0.25) is 19.4 Å². The predicted molar refractivity (Wildman–Crippen MR) is 242 cm³/mol. The molecule has 314 valence electrons. The van der Waals surface area contributed by atoms with Crippen LogP contribution in [0.5, 0.6) is 28.7 Å².